The Bertz CT molecular complexity index is 2250. The van der Waals surface area contributed by atoms with Crippen LogP contribution in [0.3, 0.4) is 0 Å². The van der Waals surface area contributed by atoms with Crippen LogP contribution in [0.5, 0.6) is 5.75 Å². The number of nitrogens with one attached hydrogen (secondary N) is 2. The predicted octanol–water partition coefficient (Wildman–Crippen LogP) is 6.17. The number of aliphatic hydroxyl groups excluding tert-OH is 1. The first-order chi connectivity index (χ1) is 31.3. The van der Waals surface area contributed by atoms with Crippen LogP contribution in [-0.4, -0.2) is 143 Å². The Morgan fingerprint density at radius 2 is 1.52 bits per heavy atom. The van der Waals surface area contributed by atoms with E-state index in [2.05, 4.69) is 75.1 Å². The zero-order valence-corrected chi connectivity index (χ0v) is 39.5. The van der Waals surface area contributed by atoms with Crippen LogP contribution in [0.1, 0.15) is 38.4 Å². The Balaban J connectivity index is 0.785. The molecule has 0 bridgehead atoms. The molecular formula is C50H66N6O8S. The van der Waals surface area contributed by atoms with Gasteiger partial charge in [-0.2, -0.15) is 0 Å². The molecule has 1 aliphatic rings. The summed E-state index contributed by atoms with van der Waals surface area (Å²) in [6.45, 7) is 12.4. The lowest BCUT2D eigenvalue weighted by Crippen LogP contribution is -2.54. The number of likely N-dealkylation sites (tertiary alicyclic amines) is 1. The highest BCUT2D eigenvalue weighted by atomic mass is 32.1. The van der Waals surface area contributed by atoms with Crippen molar-refractivity contribution in [3.05, 3.63) is 95.6 Å². The third-order valence-electron chi connectivity index (χ3n) is 11.3. The van der Waals surface area contributed by atoms with E-state index in [0.717, 1.165) is 55.3 Å². The van der Waals surface area contributed by atoms with Crippen molar-refractivity contribution in [3.8, 4) is 27.4 Å². The number of β-amino-alcohol motifs (C(OH)–C–C–N with tert-alkyl or cyclic N) is 1. The van der Waals surface area contributed by atoms with E-state index in [9.17, 15) is 14.7 Å². The van der Waals surface area contributed by atoms with Crippen molar-refractivity contribution < 1.29 is 38.4 Å². The minimum absolute atomic E-state index is 0.114. The van der Waals surface area contributed by atoms with Crippen LogP contribution in [0.2, 0.25) is 0 Å². The molecule has 2 aromatic heterocycles. The summed E-state index contributed by atoms with van der Waals surface area (Å²) in [5.74, 6) is 0.401. The first kappa shape index (κ1) is 49.4. The molecule has 3 atom stereocenters. The average Bonchev–Trinajstić information content (AvgIpc) is 3.90. The minimum atomic E-state index is -0.619. The Hall–Kier alpha value is -5.00. The fourth-order valence-corrected chi connectivity index (χ4v) is 8.35. The number of aliphatic hydroxyl groups is 1. The maximum Gasteiger partial charge on any atom is 0.246 e. The second-order valence-corrected chi connectivity index (χ2v) is 18.4. The van der Waals surface area contributed by atoms with Gasteiger partial charge in [-0.15, -0.1) is 11.3 Å². The maximum atomic E-state index is 13.4. The molecule has 3 aromatic carbocycles. The van der Waals surface area contributed by atoms with Gasteiger partial charge in [0.1, 0.15) is 19.0 Å². The summed E-state index contributed by atoms with van der Waals surface area (Å²) in [7, 11) is 4.05. The lowest BCUT2D eigenvalue weighted by Gasteiger charge is -2.36. The van der Waals surface area contributed by atoms with E-state index in [0.29, 0.717) is 78.7 Å². The van der Waals surface area contributed by atoms with E-state index in [1.807, 2.05) is 76.5 Å². The Morgan fingerprint density at radius 1 is 0.862 bits per heavy atom. The average molecular weight is 911 g/mol. The lowest BCUT2D eigenvalue weighted by molar-refractivity contribution is -0.128. The summed E-state index contributed by atoms with van der Waals surface area (Å²) in [6, 6.07) is 25.9. The number of anilines is 1. The van der Waals surface area contributed by atoms with Gasteiger partial charge in [-0.1, -0.05) is 63.2 Å². The molecule has 350 valence electrons. The third kappa shape index (κ3) is 15.3. The summed E-state index contributed by atoms with van der Waals surface area (Å²) in [6.07, 6.45) is 0.421. The Kier molecular flexibility index (Phi) is 18.6. The van der Waals surface area contributed by atoms with Crippen LogP contribution in [0.15, 0.2) is 84.4 Å². The van der Waals surface area contributed by atoms with Crippen LogP contribution in [0.25, 0.3) is 32.6 Å². The molecule has 1 saturated heterocycles. The number of aryl methyl sites for hydroxylation is 1. The monoisotopic (exact) mass is 910 g/mol. The standard InChI is InChI=1S/C50H66N6O8S/c1-35-48(65-34-52-35)38-9-7-36(8-10-38)19-20-51-49(59)45-30-41(57)31-56(45)32-46(50(2,3)4)54-47(58)33-63-26-25-61-22-21-60-23-24-62-27-28-64-42-16-18-44-39(29-42)13-17-43(53-44)37-11-14-40(15-12-37)55(5)6/h7-18,29,34,41,45-46,57H,19-28,30-33H2,1-6H3,(H,51,59)(H,54,58)/t41-,45-,46+/m0/s1. The number of benzene rings is 3. The van der Waals surface area contributed by atoms with Crippen LogP contribution < -0.4 is 20.3 Å². The number of carbonyl (C=O) groups excluding carboxylic acids is 2. The van der Waals surface area contributed by atoms with Gasteiger partial charge in [0.05, 0.1) is 85.7 Å². The zero-order chi connectivity index (χ0) is 46.2. The van der Waals surface area contributed by atoms with E-state index < -0.39 is 12.1 Å². The molecule has 5 aromatic rings. The number of fused-ring (bicyclic) bond motifs is 1. The van der Waals surface area contributed by atoms with Crippen molar-refractivity contribution in [2.45, 2.75) is 58.7 Å². The summed E-state index contributed by atoms with van der Waals surface area (Å²) < 4.78 is 28.4. The van der Waals surface area contributed by atoms with Crippen LogP contribution in [0.4, 0.5) is 5.69 Å². The smallest absolute Gasteiger partial charge is 0.246 e. The van der Waals surface area contributed by atoms with Crippen molar-refractivity contribution in [1.29, 1.82) is 0 Å². The number of carbonyl (C=O) groups is 2. The number of rotatable bonds is 25. The van der Waals surface area contributed by atoms with Gasteiger partial charge in [0, 0.05) is 56.4 Å². The van der Waals surface area contributed by atoms with Crippen LogP contribution >= 0.6 is 11.3 Å². The minimum Gasteiger partial charge on any atom is -0.491 e. The topological polar surface area (TPSA) is 157 Å². The number of hydrogen-bond donors (Lipinski definition) is 3. The Labute approximate surface area is 387 Å². The molecule has 6 rings (SSSR count). The number of aromatic nitrogens is 2. The molecule has 2 amide bonds. The van der Waals surface area contributed by atoms with Crippen molar-refractivity contribution in [3.63, 3.8) is 0 Å². The summed E-state index contributed by atoms with van der Waals surface area (Å²) >= 11 is 1.63. The number of thiazole rings is 1. The normalized spacial score (nSPS) is 15.9. The Morgan fingerprint density at radius 3 is 2.17 bits per heavy atom. The van der Waals surface area contributed by atoms with Crippen molar-refractivity contribution >= 4 is 39.7 Å². The number of ether oxygens (including phenoxy) is 5. The van der Waals surface area contributed by atoms with Gasteiger partial charge in [0.25, 0.3) is 0 Å². The predicted molar refractivity (Wildman–Crippen MR) is 257 cm³/mol. The van der Waals surface area contributed by atoms with Crippen molar-refractivity contribution in [2.75, 3.05) is 98.1 Å². The number of hydrogen-bond acceptors (Lipinski definition) is 13. The molecule has 15 heteroatoms. The quantitative estimate of drug-likeness (QED) is 0.0574. The van der Waals surface area contributed by atoms with Gasteiger partial charge in [0.2, 0.25) is 11.8 Å². The molecule has 0 spiro atoms. The molecule has 3 heterocycles. The molecule has 65 heavy (non-hydrogen) atoms. The molecule has 1 aliphatic heterocycles. The maximum absolute atomic E-state index is 13.4. The molecule has 0 aliphatic carbocycles. The third-order valence-corrected chi connectivity index (χ3v) is 12.3. The summed E-state index contributed by atoms with van der Waals surface area (Å²) in [5, 5.41) is 17.7. The molecule has 0 saturated carbocycles. The second kappa shape index (κ2) is 24.5. The number of pyridine rings is 1. The molecule has 3 N–H and O–H groups in total. The first-order valence-electron chi connectivity index (χ1n) is 22.4. The summed E-state index contributed by atoms with van der Waals surface area (Å²) in [5.41, 5.74) is 8.90. The highest BCUT2D eigenvalue weighted by Gasteiger charge is 2.39. The molecule has 14 nitrogen and oxygen atoms in total. The highest BCUT2D eigenvalue weighted by Crippen LogP contribution is 2.29. The number of amides is 2. The second-order valence-electron chi connectivity index (χ2n) is 17.6. The highest BCUT2D eigenvalue weighted by molar-refractivity contribution is 7.13. The molecule has 0 unspecified atom stereocenters. The van der Waals surface area contributed by atoms with Gasteiger partial charge >= 0.3 is 0 Å². The fourth-order valence-electron chi connectivity index (χ4n) is 7.54. The lowest BCUT2D eigenvalue weighted by atomic mass is 9.86. The van der Waals surface area contributed by atoms with Crippen LogP contribution in [0, 0.1) is 12.3 Å². The van der Waals surface area contributed by atoms with Gasteiger partial charge in [-0.3, -0.25) is 14.5 Å². The molecule has 0 radical (unpaired) electrons. The number of nitrogens with zero attached hydrogens (tertiary/aromatic N) is 4. The van der Waals surface area contributed by atoms with Gasteiger partial charge in [-0.25, -0.2) is 9.97 Å². The van der Waals surface area contributed by atoms with Gasteiger partial charge < -0.3 is 44.3 Å². The molecule has 1 fully saturated rings. The van der Waals surface area contributed by atoms with E-state index in [4.69, 9.17) is 28.7 Å². The largest absolute Gasteiger partial charge is 0.491 e. The SMILES string of the molecule is Cc1ncsc1-c1ccc(CCNC(=O)[C@@H]2C[C@H](O)CN2C[C@@H](NC(=O)COCCOCCOCCOCCOc2ccc3nc(-c4ccc(N(C)C)cc4)ccc3c2)C(C)(C)C)cc1. The van der Waals surface area contributed by atoms with E-state index in [1.165, 1.54) is 0 Å². The van der Waals surface area contributed by atoms with Crippen molar-refractivity contribution in [2.24, 2.45) is 5.41 Å². The van der Waals surface area contributed by atoms with Crippen molar-refractivity contribution in [1.82, 2.24) is 25.5 Å². The van der Waals surface area contributed by atoms with Gasteiger partial charge in [-0.05, 0) is 72.7 Å². The van der Waals surface area contributed by atoms with E-state index in [1.54, 1.807) is 11.3 Å². The van der Waals surface area contributed by atoms with E-state index in [-0.39, 0.29) is 36.5 Å². The molecular weight excluding hydrogens is 845 g/mol. The van der Waals surface area contributed by atoms with E-state index >= 15 is 0 Å². The van der Waals surface area contributed by atoms with Gasteiger partial charge in [0.15, 0.2) is 0 Å². The van der Waals surface area contributed by atoms with Crippen LogP contribution in [-0.2, 0) is 35.0 Å². The zero-order valence-electron chi connectivity index (χ0n) is 38.7. The first-order valence-corrected chi connectivity index (χ1v) is 23.3. The summed E-state index contributed by atoms with van der Waals surface area (Å²) in [4.78, 5) is 40.7. The fraction of sp³-hybridized carbons (Fsp3) is 0.480.